The zero-order valence-electron chi connectivity index (χ0n) is 16.9. The molecule has 2 aliphatic heterocycles. The minimum atomic E-state index is -1.08. The molecule has 2 aromatic rings. The van der Waals surface area contributed by atoms with Crippen molar-refractivity contribution < 1.29 is 23.8 Å². The maximum atomic E-state index is 12.8. The number of amides is 1. The Morgan fingerprint density at radius 2 is 1.57 bits per heavy atom. The highest BCUT2D eigenvalue weighted by Crippen LogP contribution is 2.44. The van der Waals surface area contributed by atoms with Crippen LogP contribution in [0.2, 0.25) is 0 Å². The summed E-state index contributed by atoms with van der Waals surface area (Å²) in [6.07, 6.45) is 1.98. The third-order valence-electron chi connectivity index (χ3n) is 6.61. The quantitative estimate of drug-likeness (QED) is 0.781. The summed E-state index contributed by atoms with van der Waals surface area (Å²) in [4.78, 5) is 25.4. The van der Waals surface area contributed by atoms with E-state index < -0.39 is 17.6 Å². The number of carbonyl (C=O) groups is 2. The molecule has 156 valence electrons. The van der Waals surface area contributed by atoms with Crippen molar-refractivity contribution in [3.05, 3.63) is 59.7 Å². The van der Waals surface area contributed by atoms with E-state index in [4.69, 9.17) is 14.2 Å². The van der Waals surface area contributed by atoms with E-state index in [-0.39, 0.29) is 24.7 Å². The van der Waals surface area contributed by atoms with Crippen LogP contribution in [0.4, 0.5) is 4.79 Å². The average Bonchev–Trinajstić information content (AvgIpc) is 3.28. The van der Waals surface area contributed by atoms with Gasteiger partial charge < -0.3 is 19.5 Å². The Labute approximate surface area is 175 Å². The first kappa shape index (κ1) is 19.1. The van der Waals surface area contributed by atoms with E-state index in [1.54, 1.807) is 0 Å². The second kappa shape index (κ2) is 7.43. The summed E-state index contributed by atoms with van der Waals surface area (Å²) in [5.74, 6) is -0.459. The number of fused-ring (bicyclic) bond motifs is 5. The van der Waals surface area contributed by atoms with Gasteiger partial charge in [-0.05, 0) is 35.1 Å². The standard InChI is InChI=1S/C24H25NO5/c1-28-22(26)24(12-15-10-11-16(13-24)30-15)25-23(27)29-14-21-19-8-4-2-6-17(19)18-7-3-5-9-20(18)21/h2-9,15-16,21H,10-14H2,1H3,(H,25,27). The summed E-state index contributed by atoms with van der Waals surface area (Å²) < 4.78 is 16.5. The lowest BCUT2D eigenvalue weighted by Gasteiger charge is -2.38. The highest BCUT2D eigenvalue weighted by atomic mass is 16.6. The van der Waals surface area contributed by atoms with E-state index in [0.29, 0.717) is 12.8 Å². The maximum Gasteiger partial charge on any atom is 0.408 e. The molecule has 0 saturated carbocycles. The van der Waals surface area contributed by atoms with Crippen molar-refractivity contribution in [1.29, 1.82) is 0 Å². The minimum Gasteiger partial charge on any atom is -0.467 e. The van der Waals surface area contributed by atoms with Crippen LogP contribution in [-0.4, -0.2) is 43.5 Å². The lowest BCUT2D eigenvalue weighted by molar-refractivity contribution is -0.156. The van der Waals surface area contributed by atoms with Gasteiger partial charge in [-0.25, -0.2) is 9.59 Å². The third-order valence-corrected chi connectivity index (χ3v) is 6.61. The van der Waals surface area contributed by atoms with Crippen LogP contribution in [-0.2, 0) is 19.0 Å². The molecule has 0 radical (unpaired) electrons. The number of ether oxygens (including phenoxy) is 3. The molecule has 2 bridgehead atoms. The molecule has 2 aromatic carbocycles. The summed E-state index contributed by atoms with van der Waals surface area (Å²) in [7, 11) is 1.35. The molecular weight excluding hydrogens is 382 g/mol. The Morgan fingerprint density at radius 1 is 1.00 bits per heavy atom. The van der Waals surface area contributed by atoms with Gasteiger partial charge in [-0.3, -0.25) is 0 Å². The Balaban J connectivity index is 1.32. The molecule has 6 heteroatoms. The predicted octanol–water partition coefficient (Wildman–Crippen LogP) is 3.78. The molecule has 2 fully saturated rings. The fourth-order valence-corrected chi connectivity index (χ4v) is 5.29. The van der Waals surface area contributed by atoms with Gasteiger partial charge in [-0.2, -0.15) is 0 Å². The maximum absolute atomic E-state index is 12.8. The van der Waals surface area contributed by atoms with Crippen LogP contribution < -0.4 is 5.32 Å². The summed E-state index contributed by atoms with van der Waals surface area (Å²) in [6, 6.07) is 16.4. The molecule has 2 unspecified atom stereocenters. The molecule has 2 heterocycles. The van der Waals surface area contributed by atoms with Gasteiger partial charge in [0.1, 0.15) is 12.1 Å². The van der Waals surface area contributed by atoms with Gasteiger partial charge in [-0.1, -0.05) is 48.5 Å². The molecule has 0 spiro atoms. The molecule has 5 rings (SSSR count). The van der Waals surface area contributed by atoms with Crippen LogP contribution in [0.15, 0.2) is 48.5 Å². The monoisotopic (exact) mass is 407 g/mol. The molecule has 2 saturated heterocycles. The van der Waals surface area contributed by atoms with E-state index in [1.807, 2.05) is 24.3 Å². The van der Waals surface area contributed by atoms with Crippen LogP contribution in [0.5, 0.6) is 0 Å². The average molecular weight is 407 g/mol. The summed E-state index contributed by atoms with van der Waals surface area (Å²) >= 11 is 0. The fourth-order valence-electron chi connectivity index (χ4n) is 5.29. The van der Waals surface area contributed by atoms with Crippen molar-refractivity contribution in [2.75, 3.05) is 13.7 Å². The van der Waals surface area contributed by atoms with E-state index in [1.165, 1.54) is 18.2 Å². The minimum absolute atomic E-state index is 0.0249. The van der Waals surface area contributed by atoms with Gasteiger partial charge >= 0.3 is 12.1 Å². The molecule has 1 aliphatic carbocycles. The molecule has 1 amide bonds. The van der Waals surface area contributed by atoms with Gasteiger partial charge in [0.05, 0.1) is 19.3 Å². The topological polar surface area (TPSA) is 73.9 Å². The zero-order valence-corrected chi connectivity index (χ0v) is 16.9. The third kappa shape index (κ3) is 3.16. The summed E-state index contributed by atoms with van der Waals surface area (Å²) in [5.41, 5.74) is 3.57. The van der Waals surface area contributed by atoms with Crippen molar-refractivity contribution in [3.8, 4) is 11.1 Å². The number of hydrogen-bond acceptors (Lipinski definition) is 5. The number of methoxy groups -OCH3 is 1. The van der Waals surface area contributed by atoms with Gasteiger partial charge in [0, 0.05) is 18.8 Å². The first-order valence-corrected chi connectivity index (χ1v) is 10.5. The van der Waals surface area contributed by atoms with Gasteiger partial charge in [0.15, 0.2) is 0 Å². The second-order valence-electron chi connectivity index (χ2n) is 8.39. The molecule has 1 N–H and O–H groups in total. The summed E-state index contributed by atoms with van der Waals surface area (Å²) in [5, 5.41) is 2.84. The first-order chi connectivity index (χ1) is 14.6. The number of hydrogen-bond donors (Lipinski definition) is 1. The smallest absolute Gasteiger partial charge is 0.408 e. The molecule has 6 nitrogen and oxygen atoms in total. The van der Waals surface area contributed by atoms with E-state index in [9.17, 15) is 9.59 Å². The Bertz CT molecular complexity index is 930. The first-order valence-electron chi connectivity index (χ1n) is 10.5. The normalized spacial score (nSPS) is 26.6. The number of benzene rings is 2. The fraction of sp³-hybridized carbons (Fsp3) is 0.417. The van der Waals surface area contributed by atoms with Crippen LogP contribution in [0.1, 0.15) is 42.7 Å². The van der Waals surface area contributed by atoms with Gasteiger partial charge in [-0.15, -0.1) is 0 Å². The molecule has 3 aliphatic rings. The SMILES string of the molecule is COC(=O)C1(NC(=O)OCC2c3ccccc3-c3ccccc32)CC2CCC(C1)O2. The van der Waals surface area contributed by atoms with Gasteiger partial charge in [0.2, 0.25) is 0 Å². The van der Waals surface area contributed by atoms with Crippen molar-refractivity contribution in [1.82, 2.24) is 5.32 Å². The number of carbonyl (C=O) groups excluding carboxylic acids is 2. The Kier molecular flexibility index (Phi) is 4.74. The molecule has 30 heavy (non-hydrogen) atoms. The second-order valence-corrected chi connectivity index (χ2v) is 8.39. The lowest BCUT2D eigenvalue weighted by Crippen LogP contribution is -2.60. The number of rotatable bonds is 4. The van der Waals surface area contributed by atoms with Crippen LogP contribution >= 0.6 is 0 Å². The molecule has 0 aromatic heterocycles. The molecule has 2 atom stereocenters. The van der Waals surface area contributed by atoms with Crippen molar-refractivity contribution in [2.24, 2.45) is 0 Å². The van der Waals surface area contributed by atoms with E-state index >= 15 is 0 Å². The Hall–Kier alpha value is -2.86. The van der Waals surface area contributed by atoms with Crippen molar-refractivity contribution in [3.63, 3.8) is 0 Å². The number of esters is 1. The van der Waals surface area contributed by atoms with Gasteiger partial charge in [0.25, 0.3) is 0 Å². The highest BCUT2D eigenvalue weighted by molar-refractivity contribution is 5.86. The lowest BCUT2D eigenvalue weighted by atomic mass is 9.86. The largest absolute Gasteiger partial charge is 0.467 e. The molecular formula is C24H25NO5. The van der Waals surface area contributed by atoms with Crippen molar-refractivity contribution in [2.45, 2.75) is 49.3 Å². The highest BCUT2D eigenvalue weighted by Gasteiger charge is 2.51. The van der Waals surface area contributed by atoms with Crippen LogP contribution in [0.25, 0.3) is 11.1 Å². The number of alkyl carbamates (subject to hydrolysis) is 1. The zero-order chi connectivity index (χ0) is 20.7. The van der Waals surface area contributed by atoms with Crippen LogP contribution in [0, 0.1) is 0 Å². The Morgan fingerprint density at radius 3 is 2.13 bits per heavy atom. The van der Waals surface area contributed by atoms with Crippen LogP contribution in [0.3, 0.4) is 0 Å². The van der Waals surface area contributed by atoms with E-state index in [0.717, 1.165) is 24.0 Å². The number of nitrogens with one attached hydrogen (secondary N) is 1. The predicted molar refractivity (Wildman–Crippen MR) is 110 cm³/mol. The van der Waals surface area contributed by atoms with E-state index in [2.05, 4.69) is 29.6 Å². The van der Waals surface area contributed by atoms with Crippen molar-refractivity contribution >= 4 is 12.1 Å². The summed E-state index contributed by atoms with van der Waals surface area (Å²) in [6.45, 7) is 0.209.